The summed E-state index contributed by atoms with van der Waals surface area (Å²) in [5, 5.41) is 1.65. The molecule has 0 saturated heterocycles. The molecule has 2 aromatic carbocycles. The van der Waals surface area contributed by atoms with Crippen molar-refractivity contribution in [2.45, 2.75) is 6.92 Å². The molecule has 0 N–H and O–H groups in total. The van der Waals surface area contributed by atoms with Crippen molar-refractivity contribution in [2.75, 3.05) is 27.9 Å². The van der Waals surface area contributed by atoms with Crippen molar-refractivity contribution in [1.29, 1.82) is 0 Å². The first-order valence-corrected chi connectivity index (χ1v) is 6.56. The van der Waals surface area contributed by atoms with Crippen LogP contribution in [0.15, 0.2) is 24.3 Å². The smallest absolute Gasteiger partial charge is 0.345 e. The number of carbonyl (C=O) groups excluding carboxylic acids is 1. The number of ether oxygens (including phenoxy) is 4. The van der Waals surface area contributed by atoms with Gasteiger partial charge in [0, 0.05) is 5.39 Å². The fourth-order valence-electron chi connectivity index (χ4n) is 2.22. The van der Waals surface area contributed by atoms with E-state index in [-0.39, 0.29) is 6.61 Å². The van der Waals surface area contributed by atoms with Crippen LogP contribution < -0.4 is 14.2 Å². The summed E-state index contributed by atoms with van der Waals surface area (Å²) in [6, 6.07) is 7.28. The largest absolute Gasteiger partial charge is 0.497 e. The van der Waals surface area contributed by atoms with Crippen molar-refractivity contribution in [2.24, 2.45) is 0 Å². The molecule has 0 fully saturated rings. The Balaban J connectivity index is 2.74. The number of rotatable bonds is 5. The Morgan fingerprint density at radius 1 is 1.05 bits per heavy atom. The van der Waals surface area contributed by atoms with Crippen LogP contribution in [-0.2, 0) is 4.74 Å². The van der Waals surface area contributed by atoms with E-state index in [0.29, 0.717) is 17.1 Å². The van der Waals surface area contributed by atoms with Crippen LogP contribution in [0.1, 0.15) is 17.3 Å². The van der Waals surface area contributed by atoms with Crippen LogP contribution in [0.25, 0.3) is 10.8 Å². The normalized spacial score (nSPS) is 10.3. The minimum Gasteiger partial charge on any atom is -0.497 e. The van der Waals surface area contributed by atoms with Crippen LogP contribution in [0.4, 0.5) is 0 Å². The molecule has 5 heteroatoms. The molecule has 0 unspecified atom stereocenters. The van der Waals surface area contributed by atoms with Crippen LogP contribution in [0.5, 0.6) is 17.2 Å². The number of hydrogen-bond acceptors (Lipinski definition) is 5. The predicted octanol–water partition coefficient (Wildman–Crippen LogP) is 3.04. The highest BCUT2D eigenvalue weighted by Crippen LogP contribution is 2.38. The number of benzene rings is 2. The minimum absolute atomic E-state index is 0.284. The molecule has 0 saturated carbocycles. The van der Waals surface area contributed by atoms with Crippen molar-refractivity contribution < 1.29 is 23.7 Å². The Bertz CT molecular complexity index is 663. The summed E-state index contributed by atoms with van der Waals surface area (Å²) < 4.78 is 21.0. The lowest BCUT2D eigenvalue weighted by atomic mass is 10.0. The van der Waals surface area contributed by atoms with E-state index in [2.05, 4.69) is 0 Å². The highest BCUT2D eigenvalue weighted by Gasteiger charge is 2.22. The minimum atomic E-state index is -0.469. The van der Waals surface area contributed by atoms with E-state index in [1.807, 2.05) is 18.2 Å². The van der Waals surface area contributed by atoms with Crippen molar-refractivity contribution in [3.8, 4) is 17.2 Å². The van der Waals surface area contributed by atoms with Gasteiger partial charge in [0.15, 0.2) is 0 Å². The fraction of sp³-hybridized carbons (Fsp3) is 0.312. The maximum absolute atomic E-state index is 12.2. The third-order valence-electron chi connectivity index (χ3n) is 3.17. The average Bonchev–Trinajstić information content (AvgIpc) is 2.52. The van der Waals surface area contributed by atoms with Gasteiger partial charge in [-0.1, -0.05) is 0 Å². The van der Waals surface area contributed by atoms with Gasteiger partial charge in [-0.3, -0.25) is 0 Å². The topological polar surface area (TPSA) is 54.0 Å². The van der Waals surface area contributed by atoms with Gasteiger partial charge in [0.05, 0.1) is 27.9 Å². The molecule has 0 spiro atoms. The zero-order valence-electron chi connectivity index (χ0n) is 12.6. The second-order valence-electron chi connectivity index (χ2n) is 4.29. The van der Waals surface area contributed by atoms with Crippen LogP contribution in [0.2, 0.25) is 0 Å². The summed E-state index contributed by atoms with van der Waals surface area (Å²) in [5.41, 5.74) is 0.291. The second-order valence-corrected chi connectivity index (χ2v) is 4.29. The Morgan fingerprint density at radius 3 is 2.38 bits per heavy atom. The fourth-order valence-corrected chi connectivity index (χ4v) is 2.22. The molecule has 0 radical (unpaired) electrons. The highest BCUT2D eigenvalue weighted by molar-refractivity contribution is 6.04. The van der Waals surface area contributed by atoms with Gasteiger partial charge < -0.3 is 18.9 Å². The van der Waals surface area contributed by atoms with Crippen LogP contribution in [-0.4, -0.2) is 33.9 Å². The van der Waals surface area contributed by atoms with Crippen LogP contribution in [0.3, 0.4) is 0 Å². The maximum atomic E-state index is 12.2. The highest BCUT2D eigenvalue weighted by atomic mass is 16.5. The average molecular weight is 290 g/mol. The van der Waals surface area contributed by atoms with E-state index >= 15 is 0 Å². The molecule has 0 atom stereocenters. The monoisotopic (exact) mass is 290 g/mol. The first kappa shape index (κ1) is 15.0. The van der Waals surface area contributed by atoms with Gasteiger partial charge in [-0.15, -0.1) is 0 Å². The zero-order chi connectivity index (χ0) is 15.4. The van der Waals surface area contributed by atoms with Gasteiger partial charge in [0.25, 0.3) is 0 Å². The molecule has 0 aromatic heterocycles. The number of carbonyl (C=O) groups is 1. The zero-order valence-corrected chi connectivity index (χ0v) is 12.6. The molecule has 5 nitrogen and oxygen atoms in total. The van der Waals surface area contributed by atoms with Gasteiger partial charge >= 0.3 is 5.97 Å². The van der Waals surface area contributed by atoms with Crippen LogP contribution >= 0.6 is 0 Å². The molecular weight excluding hydrogens is 272 g/mol. The van der Waals surface area contributed by atoms with E-state index < -0.39 is 5.97 Å². The summed E-state index contributed by atoms with van der Waals surface area (Å²) >= 11 is 0. The van der Waals surface area contributed by atoms with Gasteiger partial charge in [-0.05, 0) is 36.6 Å². The number of esters is 1. The molecule has 2 aromatic rings. The molecule has 0 aliphatic carbocycles. The van der Waals surface area contributed by atoms with E-state index in [9.17, 15) is 4.79 Å². The first-order valence-electron chi connectivity index (χ1n) is 6.56. The molecule has 0 amide bonds. The van der Waals surface area contributed by atoms with Crippen molar-refractivity contribution in [3.05, 3.63) is 29.8 Å². The second kappa shape index (κ2) is 6.35. The lowest BCUT2D eigenvalue weighted by Gasteiger charge is -2.15. The van der Waals surface area contributed by atoms with Crippen molar-refractivity contribution in [3.63, 3.8) is 0 Å². The summed E-state index contributed by atoms with van der Waals surface area (Å²) in [5.74, 6) is 1.09. The Morgan fingerprint density at radius 2 is 1.81 bits per heavy atom. The summed E-state index contributed by atoms with van der Waals surface area (Å²) in [6.45, 7) is 2.04. The van der Waals surface area contributed by atoms with E-state index in [1.165, 1.54) is 14.2 Å². The molecule has 2 rings (SSSR count). The summed E-state index contributed by atoms with van der Waals surface area (Å²) in [4.78, 5) is 12.2. The molecule has 0 heterocycles. The molecule has 0 aliphatic heterocycles. The molecule has 112 valence electrons. The van der Waals surface area contributed by atoms with Gasteiger partial charge in [-0.25, -0.2) is 4.79 Å². The number of hydrogen-bond donors (Lipinski definition) is 0. The van der Waals surface area contributed by atoms with E-state index in [1.54, 1.807) is 20.1 Å². The van der Waals surface area contributed by atoms with Gasteiger partial charge in [0.1, 0.15) is 22.8 Å². The molecule has 0 aliphatic rings. The lowest BCUT2D eigenvalue weighted by molar-refractivity contribution is 0.0519. The quantitative estimate of drug-likeness (QED) is 0.792. The van der Waals surface area contributed by atoms with Gasteiger partial charge in [-0.2, -0.15) is 0 Å². The Hall–Kier alpha value is -2.43. The number of methoxy groups -OCH3 is 3. The SMILES string of the molecule is CCOC(=O)c1c(OC)cc2cc(OC)ccc2c1OC. The van der Waals surface area contributed by atoms with Crippen molar-refractivity contribution in [1.82, 2.24) is 0 Å². The molecule has 21 heavy (non-hydrogen) atoms. The first-order chi connectivity index (χ1) is 10.2. The number of fused-ring (bicyclic) bond motifs is 1. The third-order valence-corrected chi connectivity index (χ3v) is 3.17. The van der Waals surface area contributed by atoms with Crippen molar-refractivity contribution >= 4 is 16.7 Å². The molecule has 0 bridgehead atoms. The summed E-state index contributed by atoms with van der Waals surface area (Å²) in [6.07, 6.45) is 0. The lowest BCUT2D eigenvalue weighted by Crippen LogP contribution is -2.09. The predicted molar refractivity (Wildman–Crippen MR) is 79.6 cm³/mol. The maximum Gasteiger partial charge on any atom is 0.345 e. The molecular formula is C16H18O5. The van der Waals surface area contributed by atoms with E-state index in [4.69, 9.17) is 18.9 Å². The summed E-state index contributed by atoms with van der Waals surface area (Å²) in [7, 11) is 4.62. The Kier molecular flexibility index (Phi) is 4.52. The van der Waals surface area contributed by atoms with Gasteiger partial charge in [0.2, 0.25) is 0 Å². The Labute approximate surface area is 123 Å². The van der Waals surface area contributed by atoms with E-state index in [0.717, 1.165) is 16.5 Å². The standard InChI is InChI=1S/C16H18O5/c1-5-21-16(17)14-13(19-3)9-10-8-11(18-2)6-7-12(10)15(14)20-4/h6-9H,5H2,1-4H3. The van der Waals surface area contributed by atoms with Crippen LogP contribution in [0, 0.1) is 0 Å². The third kappa shape index (κ3) is 2.72.